The highest BCUT2D eigenvalue weighted by atomic mass is 16.4. The summed E-state index contributed by atoms with van der Waals surface area (Å²) in [7, 11) is 0. The number of hydrogen-bond acceptors (Lipinski definition) is 2. The number of likely N-dealkylation sites (tertiary alicyclic amines) is 1. The molecule has 78 valence electrons. The lowest BCUT2D eigenvalue weighted by Crippen LogP contribution is -2.45. The molecule has 1 atom stereocenters. The Morgan fingerprint density at radius 1 is 1.14 bits per heavy atom. The fraction of sp³-hybridized carbons (Fsp3) is 0.800. The summed E-state index contributed by atoms with van der Waals surface area (Å²) in [5, 5.41) is 8.64. The Morgan fingerprint density at radius 2 is 1.86 bits per heavy atom. The molecule has 1 heterocycles. The molecule has 1 amide bonds. The van der Waals surface area contributed by atoms with Crippen molar-refractivity contribution < 1.29 is 14.7 Å². The lowest BCUT2D eigenvalue weighted by molar-refractivity contribution is -0.157. The second-order valence-corrected chi connectivity index (χ2v) is 4.20. The lowest BCUT2D eigenvalue weighted by Gasteiger charge is -2.36. The Morgan fingerprint density at radius 3 is 2.36 bits per heavy atom. The van der Waals surface area contributed by atoms with E-state index < -0.39 is 11.9 Å². The monoisotopic (exact) mass is 197 g/mol. The molecule has 0 bridgehead atoms. The standard InChI is InChI=1S/C10H15NO3/c12-9(10(13)14)11-6-2-5-8(11)7-3-1-4-7/h7-8H,1-6H2,(H,13,14). The molecule has 1 aliphatic heterocycles. The van der Waals surface area contributed by atoms with Gasteiger partial charge in [-0.3, -0.25) is 4.79 Å². The second kappa shape index (κ2) is 3.59. The van der Waals surface area contributed by atoms with Crippen molar-refractivity contribution in [3.8, 4) is 0 Å². The second-order valence-electron chi connectivity index (χ2n) is 4.20. The molecule has 1 saturated heterocycles. The molecule has 0 aromatic heterocycles. The normalized spacial score (nSPS) is 27.4. The van der Waals surface area contributed by atoms with Gasteiger partial charge in [0.2, 0.25) is 0 Å². The van der Waals surface area contributed by atoms with E-state index in [2.05, 4.69) is 0 Å². The summed E-state index contributed by atoms with van der Waals surface area (Å²) in [6.45, 7) is 0.631. The summed E-state index contributed by atoms with van der Waals surface area (Å²) < 4.78 is 0. The Balaban J connectivity index is 2.02. The van der Waals surface area contributed by atoms with E-state index in [1.54, 1.807) is 4.90 Å². The first-order valence-electron chi connectivity index (χ1n) is 5.24. The van der Waals surface area contributed by atoms with Crippen molar-refractivity contribution in [1.82, 2.24) is 4.90 Å². The van der Waals surface area contributed by atoms with Crippen LogP contribution in [0, 0.1) is 5.92 Å². The van der Waals surface area contributed by atoms with E-state index >= 15 is 0 Å². The van der Waals surface area contributed by atoms with Crippen LogP contribution in [0.5, 0.6) is 0 Å². The molecule has 2 fully saturated rings. The number of carboxylic acids is 1. The molecule has 2 rings (SSSR count). The number of carbonyl (C=O) groups excluding carboxylic acids is 1. The molecule has 0 aromatic rings. The van der Waals surface area contributed by atoms with Crippen molar-refractivity contribution in [1.29, 1.82) is 0 Å². The molecule has 4 heteroatoms. The fourth-order valence-corrected chi connectivity index (χ4v) is 2.48. The van der Waals surface area contributed by atoms with Crippen molar-refractivity contribution in [3.05, 3.63) is 0 Å². The van der Waals surface area contributed by atoms with Gasteiger partial charge >= 0.3 is 11.9 Å². The maximum Gasteiger partial charge on any atom is 0.394 e. The molecule has 4 nitrogen and oxygen atoms in total. The molecule has 14 heavy (non-hydrogen) atoms. The van der Waals surface area contributed by atoms with Crippen LogP contribution in [0.4, 0.5) is 0 Å². The first-order chi connectivity index (χ1) is 6.70. The van der Waals surface area contributed by atoms with E-state index in [9.17, 15) is 9.59 Å². The third-order valence-corrected chi connectivity index (χ3v) is 3.44. The average molecular weight is 197 g/mol. The topological polar surface area (TPSA) is 57.6 Å². The highest BCUT2D eigenvalue weighted by Gasteiger charge is 2.39. The molecule has 0 spiro atoms. The maximum atomic E-state index is 11.3. The zero-order valence-corrected chi connectivity index (χ0v) is 8.11. The van der Waals surface area contributed by atoms with Gasteiger partial charge in [0, 0.05) is 12.6 Å². The van der Waals surface area contributed by atoms with Gasteiger partial charge in [-0.2, -0.15) is 0 Å². The van der Waals surface area contributed by atoms with E-state index in [0.29, 0.717) is 12.5 Å². The minimum Gasteiger partial charge on any atom is -0.474 e. The van der Waals surface area contributed by atoms with Crippen LogP contribution in [0.2, 0.25) is 0 Å². The number of rotatable bonds is 1. The summed E-state index contributed by atoms with van der Waals surface area (Å²) in [4.78, 5) is 23.5. The van der Waals surface area contributed by atoms with Gasteiger partial charge in [0.1, 0.15) is 0 Å². The van der Waals surface area contributed by atoms with Crippen molar-refractivity contribution >= 4 is 11.9 Å². The summed E-state index contributed by atoms with van der Waals surface area (Å²) in [5.74, 6) is -1.45. The summed E-state index contributed by atoms with van der Waals surface area (Å²) in [6, 6.07) is 0.215. The van der Waals surface area contributed by atoms with Crippen LogP contribution < -0.4 is 0 Å². The van der Waals surface area contributed by atoms with Gasteiger partial charge in [-0.05, 0) is 31.6 Å². The zero-order valence-electron chi connectivity index (χ0n) is 8.11. The molecule has 2 aliphatic rings. The molecule has 0 radical (unpaired) electrons. The third kappa shape index (κ3) is 1.49. The van der Waals surface area contributed by atoms with Crippen molar-refractivity contribution in [2.45, 2.75) is 38.1 Å². The SMILES string of the molecule is O=C(O)C(=O)N1CCCC1C1CCC1. The van der Waals surface area contributed by atoms with Crippen LogP contribution in [0.15, 0.2) is 0 Å². The maximum absolute atomic E-state index is 11.3. The van der Waals surface area contributed by atoms with Crippen LogP contribution in [0.1, 0.15) is 32.1 Å². The average Bonchev–Trinajstić information content (AvgIpc) is 2.48. The van der Waals surface area contributed by atoms with Crippen molar-refractivity contribution in [2.24, 2.45) is 5.92 Å². The van der Waals surface area contributed by atoms with E-state index in [1.165, 1.54) is 6.42 Å². The Bertz CT molecular complexity index is 260. The third-order valence-electron chi connectivity index (χ3n) is 3.44. The zero-order chi connectivity index (χ0) is 10.1. The number of amides is 1. The van der Waals surface area contributed by atoms with Gasteiger partial charge in [-0.25, -0.2) is 4.79 Å². The van der Waals surface area contributed by atoms with Crippen molar-refractivity contribution in [2.75, 3.05) is 6.54 Å². The van der Waals surface area contributed by atoms with Gasteiger partial charge in [-0.15, -0.1) is 0 Å². The number of carbonyl (C=O) groups is 2. The molecule has 1 unspecified atom stereocenters. The van der Waals surface area contributed by atoms with Crippen LogP contribution in [-0.2, 0) is 9.59 Å². The van der Waals surface area contributed by atoms with E-state index in [0.717, 1.165) is 25.7 Å². The summed E-state index contributed by atoms with van der Waals surface area (Å²) in [5.41, 5.74) is 0. The number of hydrogen-bond donors (Lipinski definition) is 1. The van der Waals surface area contributed by atoms with Gasteiger partial charge in [-0.1, -0.05) is 6.42 Å². The predicted molar refractivity (Wildman–Crippen MR) is 49.7 cm³/mol. The van der Waals surface area contributed by atoms with Crippen LogP contribution in [-0.4, -0.2) is 34.5 Å². The molecule has 1 saturated carbocycles. The number of nitrogens with zero attached hydrogens (tertiary/aromatic N) is 1. The van der Waals surface area contributed by atoms with Gasteiger partial charge in [0.05, 0.1) is 0 Å². The Kier molecular flexibility index (Phi) is 2.44. The minimum atomic E-state index is -1.31. The highest BCUT2D eigenvalue weighted by molar-refractivity contribution is 6.31. The van der Waals surface area contributed by atoms with E-state index in [1.807, 2.05) is 0 Å². The fourth-order valence-electron chi connectivity index (χ4n) is 2.48. The molecular formula is C10H15NO3. The Hall–Kier alpha value is -1.06. The largest absolute Gasteiger partial charge is 0.474 e. The molecule has 1 N–H and O–H groups in total. The van der Waals surface area contributed by atoms with Crippen LogP contribution in [0.3, 0.4) is 0 Å². The first-order valence-corrected chi connectivity index (χ1v) is 5.24. The predicted octanol–water partition coefficient (Wildman–Crippen LogP) is 0.862. The molecule has 0 aromatic carbocycles. The smallest absolute Gasteiger partial charge is 0.394 e. The quantitative estimate of drug-likeness (QED) is 0.634. The Labute approximate surface area is 82.9 Å². The summed E-state index contributed by atoms with van der Waals surface area (Å²) in [6.07, 6.45) is 5.50. The molecule has 1 aliphatic carbocycles. The number of aliphatic carboxylic acids is 1. The van der Waals surface area contributed by atoms with Crippen LogP contribution >= 0.6 is 0 Å². The molecular weight excluding hydrogens is 182 g/mol. The van der Waals surface area contributed by atoms with E-state index in [4.69, 9.17) is 5.11 Å². The first kappa shape index (κ1) is 9.49. The minimum absolute atomic E-state index is 0.215. The van der Waals surface area contributed by atoms with Crippen molar-refractivity contribution in [3.63, 3.8) is 0 Å². The summed E-state index contributed by atoms with van der Waals surface area (Å²) >= 11 is 0. The van der Waals surface area contributed by atoms with Gasteiger partial charge in [0.25, 0.3) is 0 Å². The van der Waals surface area contributed by atoms with Gasteiger partial charge in [0.15, 0.2) is 0 Å². The van der Waals surface area contributed by atoms with Gasteiger partial charge < -0.3 is 10.0 Å². The highest BCUT2D eigenvalue weighted by Crippen LogP contribution is 2.37. The lowest BCUT2D eigenvalue weighted by atomic mass is 9.79. The van der Waals surface area contributed by atoms with E-state index in [-0.39, 0.29) is 6.04 Å². The number of carboxylic acid groups (broad SMARTS) is 1. The van der Waals surface area contributed by atoms with Crippen LogP contribution in [0.25, 0.3) is 0 Å².